The second-order valence-electron chi connectivity index (χ2n) is 14.1. The molecular formula is C35H42O5. The Bertz CT molecular complexity index is 1400. The highest BCUT2D eigenvalue weighted by Gasteiger charge is 2.60. The van der Waals surface area contributed by atoms with Crippen LogP contribution in [-0.2, 0) is 25.7 Å². The van der Waals surface area contributed by atoms with E-state index in [1.165, 1.54) is 0 Å². The van der Waals surface area contributed by atoms with E-state index in [9.17, 15) is 14.7 Å². The van der Waals surface area contributed by atoms with Gasteiger partial charge in [-0.05, 0) is 105 Å². The van der Waals surface area contributed by atoms with E-state index in [0.717, 1.165) is 59.2 Å². The summed E-state index contributed by atoms with van der Waals surface area (Å²) in [4.78, 5) is 27.4. The minimum Gasteiger partial charge on any atom is -0.460 e. The third-order valence-corrected chi connectivity index (χ3v) is 10.2. The number of ether oxygens (including phenoxy) is 2. The Kier molecular flexibility index (Phi) is 6.53. The summed E-state index contributed by atoms with van der Waals surface area (Å²) in [7, 11) is 0. The molecule has 0 aromatic heterocycles. The highest BCUT2D eigenvalue weighted by Crippen LogP contribution is 2.59. The van der Waals surface area contributed by atoms with Crippen LogP contribution >= 0.6 is 0 Å². The first kappa shape index (κ1) is 27.3. The molecule has 5 heteroatoms. The fraction of sp³-hybridized carbons (Fsp3) is 0.543. The lowest BCUT2D eigenvalue weighted by Crippen LogP contribution is -2.61. The molecule has 4 fully saturated rings. The lowest BCUT2D eigenvalue weighted by atomic mass is 9.52. The maximum absolute atomic E-state index is 13.7. The van der Waals surface area contributed by atoms with Crippen molar-refractivity contribution in [3.8, 4) is 0 Å². The predicted octanol–water partition coefficient (Wildman–Crippen LogP) is 7.50. The molecule has 0 spiro atoms. The molecule has 4 saturated carbocycles. The first-order chi connectivity index (χ1) is 18.9. The van der Waals surface area contributed by atoms with Crippen LogP contribution in [0, 0.1) is 22.7 Å². The molecule has 7 rings (SSSR count). The van der Waals surface area contributed by atoms with Crippen molar-refractivity contribution >= 4 is 33.5 Å². The summed E-state index contributed by atoms with van der Waals surface area (Å²) in [6, 6.07) is 18.5. The molecule has 0 saturated heterocycles. The number of aliphatic hydroxyl groups is 1. The zero-order chi connectivity index (χ0) is 28.3. The van der Waals surface area contributed by atoms with Gasteiger partial charge in [0.2, 0.25) is 0 Å². The minimum absolute atomic E-state index is 0.172. The Morgan fingerprint density at radius 2 is 1.48 bits per heavy atom. The predicted molar refractivity (Wildman–Crippen MR) is 157 cm³/mol. The van der Waals surface area contributed by atoms with E-state index in [1.807, 2.05) is 52.0 Å². The molecule has 5 nitrogen and oxygen atoms in total. The largest absolute Gasteiger partial charge is 0.460 e. The molecule has 0 aliphatic heterocycles. The summed E-state index contributed by atoms with van der Waals surface area (Å²) < 4.78 is 12.4. The van der Waals surface area contributed by atoms with Crippen LogP contribution in [0.2, 0.25) is 0 Å². The van der Waals surface area contributed by atoms with E-state index in [0.29, 0.717) is 31.1 Å². The lowest BCUT2D eigenvalue weighted by molar-refractivity contribution is -0.226. The standard InChI is InChI=1S/C35H42O5/c1-5-33(4,21-32(2,3)30(36)40-35-18-23-14-24(19-35)17-34(38,16-23)22-35)31(37)39-20-29-27-12-8-6-10-25(27)15-26-11-7-9-13-28(26)29/h6-13,15,23-24,38H,5,14,16-22H2,1-4H3. The molecule has 212 valence electrons. The van der Waals surface area contributed by atoms with Gasteiger partial charge in [0.25, 0.3) is 0 Å². The Balaban J connectivity index is 1.18. The molecular weight excluding hydrogens is 500 g/mol. The van der Waals surface area contributed by atoms with Crippen molar-refractivity contribution in [3.63, 3.8) is 0 Å². The van der Waals surface area contributed by atoms with Gasteiger partial charge in [-0.15, -0.1) is 0 Å². The maximum atomic E-state index is 13.7. The molecule has 0 heterocycles. The first-order valence-electron chi connectivity index (χ1n) is 15.0. The second-order valence-corrected chi connectivity index (χ2v) is 14.1. The Hall–Kier alpha value is -2.92. The number of hydrogen-bond donors (Lipinski definition) is 1. The number of esters is 2. The molecule has 3 atom stereocenters. The van der Waals surface area contributed by atoms with Crippen molar-refractivity contribution in [2.75, 3.05) is 0 Å². The van der Waals surface area contributed by atoms with Gasteiger partial charge in [0.15, 0.2) is 0 Å². The van der Waals surface area contributed by atoms with Crippen molar-refractivity contribution in [2.24, 2.45) is 22.7 Å². The van der Waals surface area contributed by atoms with Crippen LogP contribution in [0.1, 0.15) is 84.6 Å². The highest BCUT2D eigenvalue weighted by atomic mass is 16.6. The zero-order valence-corrected chi connectivity index (χ0v) is 24.3. The Morgan fingerprint density at radius 1 is 0.900 bits per heavy atom. The number of rotatable bonds is 8. The molecule has 4 aliphatic carbocycles. The first-order valence-corrected chi connectivity index (χ1v) is 15.0. The summed E-state index contributed by atoms with van der Waals surface area (Å²) in [5, 5.41) is 15.5. The highest BCUT2D eigenvalue weighted by molar-refractivity contribution is 6.02. The molecule has 4 bridgehead atoms. The number of carbonyl (C=O) groups excluding carboxylic acids is 2. The molecule has 3 aromatic rings. The van der Waals surface area contributed by atoms with Crippen LogP contribution in [0.3, 0.4) is 0 Å². The van der Waals surface area contributed by atoms with Gasteiger partial charge in [-0.1, -0.05) is 55.5 Å². The molecule has 3 unspecified atom stereocenters. The summed E-state index contributed by atoms with van der Waals surface area (Å²) in [5.74, 6) is 0.300. The van der Waals surface area contributed by atoms with Crippen molar-refractivity contribution in [1.82, 2.24) is 0 Å². The van der Waals surface area contributed by atoms with Crippen molar-refractivity contribution < 1.29 is 24.2 Å². The maximum Gasteiger partial charge on any atom is 0.312 e. The van der Waals surface area contributed by atoms with Gasteiger partial charge in [-0.25, -0.2) is 0 Å². The summed E-state index contributed by atoms with van der Waals surface area (Å²) in [6.07, 6.45) is 5.92. The summed E-state index contributed by atoms with van der Waals surface area (Å²) in [5.41, 5.74) is -1.97. The topological polar surface area (TPSA) is 72.8 Å². The van der Waals surface area contributed by atoms with E-state index >= 15 is 0 Å². The molecule has 40 heavy (non-hydrogen) atoms. The monoisotopic (exact) mass is 542 g/mol. The zero-order valence-electron chi connectivity index (χ0n) is 24.3. The van der Waals surface area contributed by atoms with Crippen LogP contribution in [0.5, 0.6) is 0 Å². The van der Waals surface area contributed by atoms with Crippen LogP contribution < -0.4 is 0 Å². The summed E-state index contributed by atoms with van der Waals surface area (Å²) in [6.45, 7) is 7.81. The van der Waals surface area contributed by atoms with Crippen LogP contribution in [-0.4, -0.2) is 28.2 Å². The summed E-state index contributed by atoms with van der Waals surface area (Å²) >= 11 is 0. The number of benzene rings is 3. The minimum atomic E-state index is -0.873. The quantitative estimate of drug-likeness (QED) is 0.236. The van der Waals surface area contributed by atoms with Crippen LogP contribution in [0.25, 0.3) is 21.5 Å². The number of hydrogen-bond acceptors (Lipinski definition) is 5. The van der Waals surface area contributed by atoms with Crippen LogP contribution in [0.15, 0.2) is 54.6 Å². The Morgan fingerprint density at radius 3 is 2.02 bits per heavy atom. The van der Waals surface area contributed by atoms with Gasteiger partial charge >= 0.3 is 11.9 Å². The van der Waals surface area contributed by atoms with E-state index in [4.69, 9.17) is 9.47 Å². The van der Waals surface area contributed by atoms with Gasteiger partial charge in [0.1, 0.15) is 12.2 Å². The third-order valence-electron chi connectivity index (χ3n) is 10.2. The normalized spacial score (nSPS) is 28.9. The van der Waals surface area contributed by atoms with Gasteiger partial charge in [-0.3, -0.25) is 9.59 Å². The van der Waals surface area contributed by atoms with Crippen molar-refractivity contribution in [3.05, 3.63) is 60.2 Å². The molecule has 0 amide bonds. The van der Waals surface area contributed by atoms with E-state index in [1.54, 1.807) is 0 Å². The van der Waals surface area contributed by atoms with Gasteiger partial charge in [0, 0.05) is 12.0 Å². The smallest absolute Gasteiger partial charge is 0.312 e. The average Bonchev–Trinajstić information content (AvgIpc) is 2.88. The Labute approximate surface area is 237 Å². The lowest BCUT2D eigenvalue weighted by Gasteiger charge is -2.59. The number of carbonyl (C=O) groups is 2. The van der Waals surface area contributed by atoms with E-state index < -0.39 is 22.0 Å². The van der Waals surface area contributed by atoms with E-state index in [2.05, 4.69) is 30.3 Å². The average molecular weight is 543 g/mol. The molecule has 1 N–H and O–H groups in total. The molecule has 4 aliphatic rings. The third kappa shape index (κ3) is 4.81. The fourth-order valence-electron chi connectivity index (χ4n) is 8.55. The van der Waals surface area contributed by atoms with Crippen molar-refractivity contribution in [1.29, 1.82) is 0 Å². The van der Waals surface area contributed by atoms with Crippen LogP contribution in [0.4, 0.5) is 0 Å². The number of fused-ring (bicyclic) bond motifs is 2. The fourth-order valence-corrected chi connectivity index (χ4v) is 8.55. The molecule has 0 radical (unpaired) electrons. The van der Waals surface area contributed by atoms with Crippen molar-refractivity contribution in [2.45, 2.75) is 96.9 Å². The van der Waals surface area contributed by atoms with Gasteiger partial charge < -0.3 is 14.6 Å². The van der Waals surface area contributed by atoms with E-state index in [-0.39, 0.29) is 18.5 Å². The van der Waals surface area contributed by atoms with Gasteiger partial charge in [0.05, 0.1) is 16.4 Å². The second kappa shape index (κ2) is 9.58. The SMILES string of the molecule is CCC(C)(CC(C)(C)C(=O)OC12CC3CC(CC(O)(C3)C1)C2)C(=O)OCc1c2ccccc2cc2ccccc12. The van der Waals surface area contributed by atoms with Gasteiger partial charge in [-0.2, -0.15) is 0 Å². The molecule has 3 aromatic carbocycles.